The molecule has 0 aromatic heterocycles. The summed E-state index contributed by atoms with van der Waals surface area (Å²) >= 11 is 0. The number of nitrogens with two attached hydrogens (primary N) is 2. The Morgan fingerprint density at radius 2 is 1.62 bits per heavy atom. The van der Waals surface area contributed by atoms with Gasteiger partial charge in [0.25, 0.3) is 0 Å². The van der Waals surface area contributed by atoms with E-state index < -0.39 is 29.9 Å². The molecular formula is C12H24N2O7. The molecule has 0 unspecified atom stereocenters. The largest absolute Gasteiger partial charge is 0.480 e. The van der Waals surface area contributed by atoms with Gasteiger partial charge in [-0.1, -0.05) is 13.8 Å². The van der Waals surface area contributed by atoms with E-state index >= 15 is 0 Å². The fourth-order valence-corrected chi connectivity index (χ4v) is 0.571. The molecule has 5 N–H and O–H groups in total. The third-order valence-corrected chi connectivity index (χ3v) is 1.76. The number of primary amides is 1. The van der Waals surface area contributed by atoms with E-state index in [1.807, 2.05) is 0 Å². The second-order valence-electron chi connectivity index (χ2n) is 3.91. The second kappa shape index (κ2) is 14.3. The Kier molecular flexibility index (Phi) is 16.2. The van der Waals surface area contributed by atoms with E-state index in [-0.39, 0.29) is 5.92 Å². The Morgan fingerprint density at radius 1 is 1.19 bits per heavy atom. The molecule has 124 valence electrons. The SMILES string of the molecule is CC(C)[C@H](N)C(=O)O.CCOC(N)=O.COC(=O)C(C)=O. The molecule has 0 aliphatic heterocycles. The number of carbonyl (C=O) groups excluding carboxylic acids is 3. The molecule has 0 bridgehead atoms. The highest BCUT2D eigenvalue weighted by Crippen LogP contribution is 1.96. The molecule has 9 nitrogen and oxygen atoms in total. The van der Waals surface area contributed by atoms with Gasteiger partial charge >= 0.3 is 18.0 Å². The number of hydrogen-bond donors (Lipinski definition) is 3. The van der Waals surface area contributed by atoms with Gasteiger partial charge in [0.15, 0.2) is 0 Å². The lowest BCUT2D eigenvalue weighted by Crippen LogP contribution is -2.34. The van der Waals surface area contributed by atoms with E-state index in [1.165, 1.54) is 7.11 Å². The number of Topliss-reactive ketones (excluding diaryl/α,β-unsaturated/α-hetero) is 1. The Hall–Kier alpha value is -2.16. The molecule has 21 heavy (non-hydrogen) atoms. The van der Waals surface area contributed by atoms with Crippen LogP contribution in [0.5, 0.6) is 0 Å². The van der Waals surface area contributed by atoms with Crippen LogP contribution in [0.15, 0.2) is 0 Å². The van der Waals surface area contributed by atoms with Gasteiger partial charge in [-0.2, -0.15) is 0 Å². The summed E-state index contributed by atoms with van der Waals surface area (Å²) in [6.45, 7) is 6.77. The van der Waals surface area contributed by atoms with Crippen molar-refractivity contribution in [2.75, 3.05) is 13.7 Å². The van der Waals surface area contributed by atoms with Gasteiger partial charge in [0, 0.05) is 6.92 Å². The molecule has 0 aliphatic rings. The summed E-state index contributed by atoms with van der Waals surface area (Å²) < 4.78 is 8.20. The first-order valence-electron chi connectivity index (χ1n) is 6.00. The average Bonchev–Trinajstić information content (AvgIpc) is 2.37. The van der Waals surface area contributed by atoms with Crippen LogP contribution in [0.3, 0.4) is 0 Å². The topological polar surface area (TPSA) is 159 Å². The highest BCUT2D eigenvalue weighted by atomic mass is 16.5. The van der Waals surface area contributed by atoms with Crippen molar-refractivity contribution in [1.29, 1.82) is 0 Å². The monoisotopic (exact) mass is 308 g/mol. The number of amides is 1. The molecule has 0 heterocycles. The van der Waals surface area contributed by atoms with Gasteiger partial charge in [-0.15, -0.1) is 0 Å². The van der Waals surface area contributed by atoms with Crippen molar-refractivity contribution in [3.05, 3.63) is 0 Å². The van der Waals surface area contributed by atoms with Crippen LogP contribution in [0.4, 0.5) is 4.79 Å². The maximum atomic E-state index is 10.0. The number of methoxy groups -OCH3 is 1. The van der Waals surface area contributed by atoms with Gasteiger partial charge in [-0.3, -0.25) is 9.59 Å². The first-order valence-corrected chi connectivity index (χ1v) is 6.00. The Bertz CT molecular complexity index is 342. The highest BCUT2D eigenvalue weighted by molar-refractivity contribution is 6.32. The van der Waals surface area contributed by atoms with E-state index in [2.05, 4.69) is 15.2 Å². The minimum Gasteiger partial charge on any atom is -0.480 e. The summed E-state index contributed by atoms with van der Waals surface area (Å²) in [6, 6.07) is -0.713. The molecular weight excluding hydrogens is 284 g/mol. The third kappa shape index (κ3) is 20.3. The second-order valence-corrected chi connectivity index (χ2v) is 3.91. The first kappa shape index (κ1) is 23.9. The highest BCUT2D eigenvalue weighted by Gasteiger charge is 2.14. The van der Waals surface area contributed by atoms with Crippen LogP contribution in [0, 0.1) is 5.92 Å². The summed E-state index contributed by atoms with van der Waals surface area (Å²) in [5.41, 5.74) is 9.70. The van der Waals surface area contributed by atoms with E-state index in [1.54, 1.807) is 20.8 Å². The summed E-state index contributed by atoms with van der Waals surface area (Å²) in [6.07, 6.45) is -0.711. The van der Waals surface area contributed by atoms with E-state index in [0.717, 1.165) is 6.92 Å². The molecule has 0 aromatic carbocycles. The number of aliphatic carboxylic acids is 1. The molecule has 0 saturated carbocycles. The molecule has 9 heteroatoms. The van der Waals surface area contributed by atoms with Crippen molar-refractivity contribution in [2.45, 2.75) is 33.7 Å². The van der Waals surface area contributed by atoms with Crippen molar-refractivity contribution in [1.82, 2.24) is 0 Å². The predicted molar refractivity (Wildman–Crippen MR) is 74.4 cm³/mol. The minimum absolute atomic E-state index is 0.0208. The lowest BCUT2D eigenvalue weighted by Gasteiger charge is -2.07. The summed E-state index contributed by atoms with van der Waals surface area (Å²) in [7, 11) is 1.17. The Labute approximate surface area is 123 Å². The van der Waals surface area contributed by atoms with Crippen molar-refractivity contribution >= 4 is 23.8 Å². The fraction of sp³-hybridized carbons (Fsp3) is 0.667. The van der Waals surface area contributed by atoms with E-state index in [4.69, 9.17) is 10.8 Å². The van der Waals surface area contributed by atoms with Crippen LogP contribution in [-0.2, 0) is 23.9 Å². The lowest BCUT2D eigenvalue weighted by molar-refractivity contribution is -0.150. The van der Waals surface area contributed by atoms with E-state index in [0.29, 0.717) is 6.61 Å². The molecule has 0 rings (SSSR count). The molecule has 0 fully saturated rings. The number of esters is 1. The minimum atomic E-state index is -0.931. The average molecular weight is 308 g/mol. The molecule has 1 atom stereocenters. The molecule has 1 amide bonds. The third-order valence-electron chi connectivity index (χ3n) is 1.76. The van der Waals surface area contributed by atoms with Gasteiger partial charge in [-0.25, -0.2) is 9.59 Å². The Morgan fingerprint density at radius 3 is 1.62 bits per heavy atom. The zero-order valence-electron chi connectivity index (χ0n) is 12.9. The predicted octanol–water partition coefficient (Wildman–Crippen LogP) is -0.0957. The maximum Gasteiger partial charge on any atom is 0.404 e. The van der Waals surface area contributed by atoms with Gasteiger partial charge < -0.3 is 26.0 Å². The van der Waals surface area contributed by atoms with Crippen molar-refractivity contribution in [3.8, 4) is 0 Å². The quantitative estimate of drug-likeness (QED) is 0.479. The number of carboxylic acid groups (broad SMARTS) is 1. The number of carbonyl (C=O) groups is 4. The van der Waals surface area contributed by atoms with Crippen LogP contribution in [0.1, 0.15) is 27.7 Å². The number of ether oxygens (including phenoxy) is 2. The first-order chi connectivity index (χ1) is 9.50. The van der Waals surface area contributed by atoms with Crippen LogP contribution in [-0.4, -0.2) is 48.7 Å². The number of carboxylic acids is 1. The number of hydrogen-bond acceptors (Lipinski definition) is 7. The van der Waals surface area contributed by atoms with E-state index in [9.17, 15) is 19.2 Å². The molecule has 0 aromatic rings. The fourth-order valence-electron chi connectivity index (χ4n) is 0.571. The summed E-state index contributed by atoms with van der Waals surface area (Å²) in [4.78, 5) is 39.5. The molecule has 0 saturated heterocycles. The number of ketones is 1. The van der Waals surface area contributed by atoms with Gasteiger partial charge in [0.1, 0.15) is 6.04 Å². The van der Waals surface area contributed by atoms with Crippen molar-refractivity contribution in [2.24, 2.45) is 17.4 Å². The van der Waals surface area contributed by atoms with Crippen LogP contribution in [0.25, 0.3) is 0 Å². The molecule has 0 aliphatic carbocycles. The normalized spacial score (nSPS) is 10.0. The zero-order valence-corrected chi connectivity index (χ0v) is 12.9. The van der Waals surface area contributed by atoms with Gasteiger partial charge in [0.05, 0.1) is 13.7 Å². The Balaban J connectivity index is -0.000000234. The van der Waals surface area contributed by atoms with Gasteiger partial charge in [0.2, 0.25) is 5.78 Å². The van der Waals surface area contributed by atoms with Crippen LogP contribution >= 0.6 is 0 Å². The standard InChI is InChI=1S/C5H11NO2.C4H6O3.C3H7NO2/c1-3(2)4(6)5(7)8;1-3(5)4(6)7-2;1-2-6-3(4)5/h3-4H,6H2,1-2H3,(H,7,8);1-2H3;2H2,1H3,(H2,4,5)/t4-;;/m0../s1. The van der Waals surface area contributed by atoms with Crippen molar-refractivity contribution < 1.29 is 33.8 Å². The van der Waals surface area contributed by atoms with Crippen LogP contribution in [0.2, 0.25) is 0 Å². The zero-order chi connectivity index (χ0) is 17.6. The molecule has 0 radical (unpaired) electrons. The maximum absolute atomic E-state index is 10.0. The van der Waals surface area contributed by atoms with Crippen LogP contribution < -0.4 is 11.5 Å². The smallest absolute Gasteiger partial charge is 0.404 e. The number of rotatable bonds is 4. The lowest BCUT2D eigenvalue weighted by atomic mass is 10.1. The summed E-state index contributed by atoms with van der Waals surface area (Å²) in [5, 5.41) is 8.23. The van der Waals surface area contributed by atoms with Crippen molar-refractivity contribution in [3.63, 3.8) is 0 Å². The summed E-state index contributed by atoms with van der Waals surface area (Å²) in [5.74, 6) is -2.27. The van der Waals surface area contributed by atoms with Gasteiger partial charge in [-0.05, 0) is 12.8 Å². The molecule has 0 spiro atoms.